The van der Waals surface area contributed by atoms with Gasteiger partial charge in [-0.25, -0.2) is 4.98 Å². The van der Waals surface area contributed by atoms with Gasteiger partial charge in [0.05, 0.1) is 22.8 Å². The van der Waals surface area contributed by atoms with Crippen LogP contribution in [-0.4, -0.2) is 73.5 Å². The second-order valence-corrected chi connectivity index (χ2v) is 14.5. The van der Waals surface area contributed by atoms with Crippen molar-refractivity contribution < 1.29 is 4.74 Å². The molecule has 42 heavy (non-hydrogen) atoms. The summed E-state index contributed by atoms with van der Waals surface area (Å²) in [5.41, 5.74) is 6.71. The van der Waals surface area contributed by atoms with Crippen LogP contribution in [0.4, 0.5) is 28.8 Å². The van der Waals surface area contributed by atoms with E-state index < -0.39 is 7.92 Å². The zero-order chi connectivity index (χ0) is 29.4. The molecule has 2 aliphatic rings. The molecule has 0 spiro atoms. The van der Waals surface area contributed by atoms with E-state index in [-0.39, 0.29) is 0 Å². The molecule has 0 radical (unpaired) electrons. The maximum absolute atomic E-state index is 5.85. The minimum absolute atomic E-state index is 0.403. The maximum atomic E-state index is 5.85. The number of aromatic nitrogens is 3. The van der Waals surface area contributed by atoms with E-state index in [0.29, 0.717) is 17.7 Å². The summed E-state index contributed by atoms with van der Waals surface area (Å²) < 4.78 is 6.64. The lowest BCUT2D eigenvalue weighted by Crippen LogP contribution is -2.44. The number of ether oxygens (including phenoxy) is 1. The van der Waals surface area contributed by atoms with E-state index in [4.69, 9.17) is 14.7 Å². The average Bonchev–Trinajstić information content (AvgIpc) is 3.84. The van der Waals surface area contributed by atoms with E-state index in [0.717, 1.165) is 59.7 Å². The lowest BCUT2D eigenvalue weighted by atomic mass is 10.1. The molecule has 0 amide bonds. The summed E-state index contributed by atoms with van der Waals surface area (Å²) in [4.78, 5) is 19.3. The normalized spacial score (nSPS) is 15.8. The first kappa shape index (κ1) is 29.1. The molecule has 8 nitrogen and oxygen atoms in total. The van der Waals surface area contributed by atoms with Crippen LogP contribution < -0.4 is 25.6 Å². The Bertz CT molecular complexity index is 1600. The second-order valence-electron chi connectivity index (χ2n) is 11.4. The van der Waals surface area contributed by atoms with E-state index in [1.807, 2.05) is 0 Å². The Kier molecular flexibility index (Phi) is 8.53. The molecule has 2 N–H and O–H groups in total. The van der Waals surface area contributed by atoms with Crippen molar-refractivity contribution in [2.24, 2.45) is 0 Å². The molecule has 2 fully saturated rings. The van der Waals surface area contributed by atoms with Gasteiger partial charge in [-0.1, -0.05) is 20.9 Å². The molecule has 0 bridgehead atoms. The third kappa shape index (κ3) is 6.05. The first-order valence-corrected chi connectivity index (χ1v) is 17.7. The van der Waals surface area contributed by atoms with Crippen LogP contribution in [0.2, 0.25) is 0 Å². The maximum Gasteiger partial charge on any atom is 0.229 e. The average molecular weight is 649 g/mol. The standard InChI is InChI=1S/C32H39BrN7OP/c1-6-20-17-27(29(41-3)18-28(20)40-15-13-39(2)14-16-40)37-32-34-19-23(33)31(38-32)36-26-12-11-25-22(30(26)42(4)5)9-10-24(35-25)21-7-8-21/h9-12,17-19,21H,6-8,13-16H2,1-5H3,(H2,34,36,37,38). The Morgan fingerprint density at radius 1 is 1.00 bits per heavy atom. The molecule has 4 aromatic rings. The summed E-state index contributed by atoms with van der Waals surface area (Å²) in [6.07, 6.45) is 5.22. The number of aryl methyl sites for hydroxylation is 1. The third-order valence-electron chi connectivity index (χ3n) is 8.18. The number of likely N-dealkylation sites (N-methyl/N-ethyl adjacent to an activating group) is 1. The van der Waals surface area contributed by atoms with Crippen LogP contribution in [0.1, 0.15) is 36.9 Å². The van der Waals surface area contributed by atoms with Crippen molar-refractivity contribution in [1.29, 1.82) is 0 Å². The van der Waals surface area contributed by atoms with E-state index >= 15 is 0 Å². The smallest absolute Gasteiger partial charge is 0.229 e. The molecule has 2 aromatic carbocycles. The topological polar surface area (TPSA) is 78.4 Å². The number of hydrogen-bond acceptors (Lipinski definition) is 8. The lowest BCUT2D eigenvalue weighted by molar-refractivity contribution is 0.312. The van der Waals surface area contributed by atoms with Gasteiger partial charge in [-0.3, -0.25) is 4.98 Å². The van der Waals surface area contributed by atoms with Crippen LogP contribution in [0.15, 0.2) is 47.1 Å². The SMILES string of the molecule is CCc1cc(Nc2ncc(Br)c(Nc3ccc4nc(C5CC5)ccc4c3P(C)C)n2)c(OC)cc1N1CCN(C)CC1. The number of methoxy groups -OCH3 is 1. The number of rotatable bonds is 9. The molecule has 2 aromatic heterocycles. The Morgan fingerprint density at radius 2 is 1.79 bits per heavy atom. The zero-order valence-corrected chi connectivity index (χ0v) is 27.5. The van der Waals surface area contributed by atoms with Crippen molar-refractivity contribution in [2.75, 3.05) is 69.2 Å². The van der Waals surface area contributed by atoms with Gasteiger partial charge in [0.25, 0.3) is 0 Å². The summed E-state index contributed by atoms with van der Waals surface area (Å²) in [6.45, 7) is 10.9. The largest absolute Gasteiger partial charge is 0.494 e. The van der Waals surface area contributed by atoms with E-state index in [1.165, 1.54) is 40.5 Å². The highest BCUT2D eigenvalue weighted by molar-refractivity contribution is 9.10. The number of pyridine rings is 1. The highest BCUT2D eigenvalue weighted by atomic mass is 79.9. The number of halogens is 1. The summed E-state index contributed by atoms with van der Waals surface area (Å²) >= 11 is 3.67. The highest BCUT2D eigenvalue weighted by Crippen LogP contribution is 2.41. The van der Waals surface area contributed by atoms with Gasteiger partial charge in [-0.05, 0) is 85.4 Å². The molecule has 6 rings (SSSR count). The monoisotopic (exact) mass is 647 g/mol. The molecule has 1 saturated carbocycles. The molecular formula is C32H39BrN7OP. The van der Waals surface area contributed by atoms with Crippen LogP contribution in [0.5, 0.6) is 5.75 Å². The van der Waals surface area contributed by atoms with Crippen molar-refractivity contribution >= 4 is 68.9 Å². The van der Waals surface area contributed by atoms with Crippen molar-refractivity contribution in [2.45, 2.75) is 32.1 Å². The number of benzene rings is 2. The molecule has 3 heterocycles. The molecule has 0 atom stereocenters. The number of nitrogens with one attached hydrogen (secondary N) is 2. The summed E-state index contributed by atoms with van der Waals surface area (Å²) in [5.74, 6) is 2.62. The number of piperazine rings is 1. The third-order valence-corrected chi connectivity index (χ3v) is 10.1. The Morgan fingerprint density at radius 3 is 2.48 bits per heavy atom. The Labute approximate surface area is 258 Å². The van der Waals surface area contributed by atoms with Crippen LogP contribution >= 0.6 is 23.9 Å². The molecular weight excluding hydrogens is 609 g/mol. The minimum atomic E-state index is -0.403. The number of nitrogens with zero attached hydrogens (tertiary/aromatic N) is 5. The summed E-state index contributed by atoms with van der Waals surface area (Å²) in [6, 6.07) is 13.1. The predicted octanol–water partition coefficient (Wildman–Crippen LogP) is 6.84. The Hall–Kier alpha value is -3.00. The fraction of sp³-hybridized carbons (Fsp3) is 0.406. The first-order valence-electron chi connectivity index (χ1n) is 14.7. The van der Waals surface area contributed by atoms with E-state index in [2.05, 4.69) is 105 Å². The van der Waals surface area contributed by atoms with Crippen LogP contribution in [-0.2, 0) is 6.42 Å². The van der Waals surface area contributed by atoms with Gasteiger partial charge in [0, 0.05) is 72.1 Å². The zero-order valence-electron chi connectivity index (χ0n) is 25.0. The molecule has 0 unspecified atom stereocenters. The van der Waals surface area contributed by atoms with Gasteiger partial charge in [0.1, 0.15) is 11.6 Å². The highest BCUT2D eigenvalue weighted by Gasteiger charge is 2.26. The second kappa shape index (κ2) is 12.3. The minimum Gasteiger partial charge on any atom is -0.494 e. The number of hydrogen-bond donors (Lipinski definition) is 2. The van der Waals surface area contributed by atoms with Crippen LogP contribution in [0.25, 0.3) is 10.9 Å². The van der Waals surface area contributed by atoms with Crippen molar-refractivity contribution in [3.63, 3.8) is 0 Å². The summed E-state index contributed by atoms with van der Waals surface area (Å²) in [5, 5.41) is 9.55. The predicted molar refractivity (Wildman–Crippen MR) is 180 cm³/mol. The van der Waals surface area contributed by atoms with Crippen molar-refractivity contribution in [3.05, 3.63) is 58.3 Å². The van der Waals surface area contributed by atoms with Gasteiger partial charge in [0.15, 0.2) is 0 Å². The van der Waals surface area contributed by atoms with Crippen LogP contribution in [0.3, 0.4) is 0 Å². The lowest BCUT2D eigenvalue weighted by Gasteiger charge is -2.35. The molecule has 10 heteroatoms. The summed E-state index contributed by atoms with van der Waals surface area (Å²) in [7, 11) is 3.49. The van der Waals surface area contributed by atoms with Crippen molar-refractivity contribution in [1.82, 2.24) is 19.9 Å². The van der Waals surface area contributed by atoms with E-state index in [1.54, 1.807) is 13.3 Å². The molecule has 220 valence electrons. The van der Waals surface area contributed by atoms with Gasteiger partial charge in [-0.2, -0.15) is 4.98 Å². The quantitative estimate of drug-likeness (QED) is 0.191. The molecule has 1 aliphatic carbocycles. The number of fused-ring (bicyclic) bond motifs is 1. The van der Waals surface area contributed by atoms with Gasteiger partial charge in [0.2, 0.25) is 5.95 Å². The fourth-order valence-electron chi connectivity index (χ4n) is 5.66. The first-order chi connectivity index (χ1) is 20.3. The molecule has 1 aliphatic heterocycles. The van der Waals surface area contributed by atoms with Crippen molar-refractivity contribution in [3.8, 4) is 5.75 Å². The van der Waals surface area contributed by atoms with E-state index in [9.17, 15) is 0 Å². The Balaban J connectivity index is 1.29. The van der Waals surface area contributed by atoms with Gasteiger partial charge in [-0.15, -0.1) is 0 Å². The van der Waals surface area contributed by atoms with Gasteiger partial charge < -0.3 is 25.2 Å². The van der Waals surface area contributed by atoms with Crippen LogP contribution in [0, 0.1) is 0 Å². The fourth-order valence-corrected chi connectivity index (χ4v) is 7.24. The van der Waals surface area contributed by atoms with Gasteiger partial charge >= 0.3 is 0 Å². The molecule has 1 saturated heterocycles. The number of anilines is 5.